The van der Waals surface area contributed by atoms with Crippen molar-refractivity contribution in [1.29, 1.82) is 0 Å². The molecule has 0 bridgehead atoms. The van der Waals surface area contributed by atoms with E-state index >= 15 is 0 Å². The fraction of sp³-hybridized carbons (Fsp3) is 0.391. The third-order valence-corrected chi connectivity index (χ3v) is 6.15. The van der Waals surface area contributed by atoms with Gasteiger partial charge < -0.3 is 9.47 Å². The summed E-state index contributed by atoms with van der Waals surface area (Å²) in [6.45, 7) is 3.17. The average molecular weight is 435 g/mol. The third-order valence-electron chi connectivity index (χ3n) is 6.15. The highest BCUT2D eigenvalue weighted by Gasteiger charge is 2.20. The molecule has 0 atom stereocenters. The van der Waals surface area contributed by atoms with Gasteiger partial charge in [-0.25, -0.2) is 14.8 Å². The maximum Gasteiger partial charge on any atom is 0.352 e. The Hall–Kier alpha value is -3.30. The summed E-state index contributed by atoms with van der Waals surface area (Å²) in [5.74, 6) is 0.773. The number of fused-ring (bicyclic) bond motifs is 3. The quantitative estimate of drug-likeness (QED) is 0.459. The maximum absolute atomic E-state index is 13.1. The van der Waals surface area contributed by atoms with Crippen LogP contribution in [0.2, 0.25) is 0 Å². The van der Waals surface area contributed by atoms with Crippen LogP contribution in [0.25, 0.3) is 16.7 Å². The van der Waals surface area contributed by atoms with Crippen molar-refractivity contribution in [3.8, 4) is 5.75 Å². The standard InChI is InChI=1S/C23H26N6O3/c1-31-18-5-3-16(4-6-18)14-28-21-20(22-25-15-26-29(22)23(28)30)11-17(12-24-21)13-27-9-7-19(32-2)8-10-27/h3-6,11-12,15,19H,7-10,13-14H2,1-2H3. The zero-order valence-corrected chi connectivity index (χ0v) is 18.3. The first-order valence-electron chi connectivity index (χ1n) is 10.8. The smallest absolute Gasteiger partial charge is 0.352 e. The van der Waals surface area contributed by atoms with Crippen LogP contribution < -0.4 is 10.4 Å². The van der Waals surface area contributed by atoms with Crippen LogP contribution in [0.5, 0.6) is 5.75 Å². The van der Waals surface area contributed by atoms with Crippen LogP contribution in [0, 0.1) is 0 Å². The van der Waals surface area contributed by atoms with Crippen molar-refractivity contribution in [2.75, 3.05) is 27.3 Å². The van der Waals surface area contributed by atoms with Gasteiger partial charge in [-0.1, -0.05) is 12.1 Å². The maximum atomic E-state index is 13.1. The highest BCUT2D eigenvalue weighted by molar-refractivity contribution is 5.89. The molecular formula is C23H26N6O3. The lowest BCUT2D eigenvalue weighted by atomic mass is 10.1. The number of piperidine rings is 1. The normalized spacial score (nSPS) is 15.6. The molecule has 1 aliphatic heterocycles. The summed E-state index contributed by atoms with van der Waals surface area (Å²) in [6, 6.07) is 9.74. The Balaban J connectivity index is 1.51. The first kappa shape index (κ1) is 20.6. The molecule has 1 aromatic carbocycles. The first-order chi connectivity index (χ1) is 15.7. The second-order valence-electron chi connectivity index (χ2n) is 8.14. The van der Waals surface area contributed by atoms with E-state index in [9.17, 15) is 4.79 Å². The molecule has 4 aromatic rings. The molecule has 4 heterocycles. The minimum atomic E-state index is -0.261. The van der Waals surface area contributed by atoms with Crippen LogP contribution >= 0.6 is 0 Å². The van der Waals surface area contributed by atoms with Crippen LogP contribution in [0.1, 0.15) is 24.0 Å². The topological polar surface area (TPSA) is 86.8 Å². The molecule has 32 heavy (non-hydrogen) atoms. The lowest BCUT2D eigenvalue weighted by molar-refractivity contribution is 0.0388. The SMILES string of the molecule is COc1ccc(Cn2c(=O)n3ncnc3c3cc(CN4CCC(OC)CC4)cnc32)cc1. The van der Waals surface area contributed by atoms with E-state index in [1.54, 1.807) is 18.8 Å². The van der Waals surface area contributed by atoms with Crippen molar-refractivity contribution in [2.24, 2.45) is 0 Å². The summed E-state index contributed by atoms with van der Waals surface area (Å²) in [5.41, 5.74) is 2.94. The van der Waals surface area contributed by atoms with E-state index in [0.29, 0.717) is 23.9 Å². The number of hydrogen-bond acceptors (Lipinski definition) is 7. The highest BCUT2D eigenvalue weighted by atomic mass is 16.5. The Morgan fingerprint density at radius 1 is 1.00 bits per heavy atom. The third kappa shape index (κ3) is 3.85. The van der Waals surface area contributed by atoms with E-state index in [1.807, 2.05) is 30.5 Å². The molecule has 3 aromatic heterocycles. The molecule has 166 valence electrons. The van der Waals surface area contributed by atoms with Gasteiger partial charge in [0, 0.05) is 32.9 Å². The molecule has 5 rings (SSSR count). The number of rotatable bonds is 6. The average Bonchev–Trinajstić information content (AvgIpc) is 3.33. The van der Waals surface area contributed by atoms with Gasteiger partial charge in [-0.15, -0.1) is 0 Å². The van der Waals surface area contributed by atoms with Gasteiger partial charge in [0.05, 0.1) is 25.1 Å². The van der Waals surface area contributed by atoms with E-state index < -0.39 is 0 Å². The summed E-state index contributed by atoms with van der Waals surface area (Å²) in [5, 5.41) is 4.98. The Kier molecular flexibility index (Phi) is 5.59. The van der Waals surface area contributed by atoms with Gasteiger partial charge in [-0.3, -0.25) is 9.47 Å². The molecule has 9 nitrogen and oxygen atoms in total. The fourth-order valence-electron chi connectivity index (χ4n) is 4.35. The van der Waals surface area contributed by atoms with Gasteiger partial charge >= 0.3 is 5.69 Å². The van der Waals surface area contributed by atoms with Crippen LogP contribution in [0.15, 0.2) is 47.7 Å². The molecule has 0 amide bonds. The van der Waals surface area contributed by atoms with Crippen molar-refractivity contribution >= 4 is 16.7 Å². The van der Waals surface area contributed by atoms with E-state index in [0.717, 1.165) is 54.7 Å². The molecule has 0 saturated carbocycles. The molecule has 1 aliphatic rings. The predicted molar refractivity (Wildman–Crippen MR) is 120 cm³/mol. The van der Waals surface area contributed by atoms with Gasteiger partial charge in [0.25, 0.3) is 0 Å². The van der Waals surface area contributed by atoms with E-state index in [-0.39, 0.29) is 5.69 Å². The Labute approximate surface area is 185 Å². The van der Waals surface area contributed by atoms with Crippen LogP contribution in [-0.2, 0) is 17.8 Å². The molecule has 9 heteroatoms. The lowest BCUT2D eigenvalue weighted by Crippen LogP contribution is -2.36. The summed E-state index contributed by atoms with van der Waals surface area (Å²) in [4.78, 5) is 24.6. The van der Waals surface area contributed by atoms with Gasteiger partial charge in [-0.2, -0.15) is 9.61 Å². The van der Waals surface area contributed by atoms with Crippen molar-refractivity contribution in [1.82, 2.24) is 29.0 Å². The van der Waals surface area contributed by atoms with Crippen molar-refractivity contribution < 1.29 is 9.47 Å². The van der Waals surface area contributed by atoms with Gasteiger partial charge in [0.1, 0.15) is 17.7 Å². The molecule has 0 aliphatic carbocycles. The van der Waals surface area contributed by atoms with Crippen LogP contribution in [-0.4, -0.2) is 62.5 Å². The van der Waals surface area contributed by atoms with E-state index in [1.165, 1.54) is 10.8 Å². The first-order valence-corrected chi connectivity index (χ1v) is 10.8. The van der Waals surface area contributed by atoms with Crippen LogP contribution in [0.3, 0.4) is 0 Å². The number of ether oxygens (including phenoxy) is 2. The second kappa shape index (κ2) is 8.68. The fourth-order valence-corrected chi connectivity index (χ4v) is 4.35. The summed E-state index contributed by atoms with van der Waals surface area (Å²) >= 11 is 0. The Morgan fingerprint density at radius 2 is 1.78 bits per heavy atom. The Bertz CT molecular complexity index is 1290. The number of hydrogen-bond donors (Lipinski definition) is 0. The number of methoxy groups -OCH3 is 2. The van der Waals surface area contributed by atoms with Gasteiger partial charge in [0.2, 0.25) is 0 Å². The van der Waals surface area contributed by atoms with Gasteiger partial charge in [-0.05, 0) is 42.2 Å². The number of benzene rings is 1. The molecule has 1 saturated heterocycles. The van der Waals surface area contributed by atoms with Crippen LogP contribution in [0.4, 0.5) is 0 Å². The molecule has 0 N–H and O–H groups in total. The zero-order valence-electron chi connectivity index (χ0n) is 18.3. The molecular weight excluding hydrogens is 408 g/mol. The lowest BCUT2D eigenvalue weighted by Gasteiger charge is -2.31. The number of pyridine rings is 1. The monoisotopic (exact) mass is 434 g/mol. The summed E-state index contributed by atoms with van der Waals surface area (Å²) in [7, 11) is 3.41. The van der Waals surface area contributed by atoms with Gasteiger partial charge in [0.15, 0.2) is 5.65 Å². The predicted octanol–water partition coefficient (Wildman–Crippen LogP) is 2.11. The Morgan fingerprint density at radius 3 is 2.50 bits per heavy atom. The molecule has 0 unspecified atom stereocenters. The highest BCUT2D eigenvalue weighted by Crippen LogP contribution is 2.21. The number of likely N-dealkylation sites (tertiary alicyclic amines) is 1. The van der Waals surface area contributed by atoms with Crippen molar-refractivity contribution in [2.45, 2.75) is 32.0 Å². The van der Waals surface area contributed by atoms with E-state index in [2.05, 4.69) is 21.0 Å². The summed E-state index contributed by atoms with van der Waals surface area (Å²) in [6.07, 6.45) is 5.70. The van der Waals surface area contributed by atoms with Crippen molar-refractivity contribution in [3.63, 3.8) is 0 Å². The molecule has 1 fully saturated rings. The second-order valence-corrected chi connectivity index (χ2v) is 8.14. The summed E-state index contributed by atoms with van der Waals surface area (Å²) < 4.78 is 13.7. The minimum absolute atomic E-state index is 0.261. The number of nitrogens with zero attached hydrogens (tertiary/aromatic N) is 6. The minimum Gasteiger partial charge on any atom is -0.497 e. The van der Waals surface area contributed by atoms with Crippen molar-refractivity contribution in [3.05, 3.63) is 64.5 Å². The largest absolute Gasteiger partial charge is 0.497 e. The van der Waals surface area contributed by atoms with E-state index in [4.69, 9.17) is 14.5 Å². The molecule has 0 spiro atoms. The number of aromatic nitrogens is 5. The molecule has 0 radical (unpaired) electrons. The zero-order chi connectivity index (χ0) is 22.1.